The Balaban J connectivity index is 2.28. The zero-order chi connectivity index (χ0) is 32.4. The summed E-state index contributed by atoms with van der Waals surface area (Å²) in [5.74, 6) is -1.67. The molecule has 0 aromatic rings. The summed E-state index contributed by atoms with van der Waals surface area (Å²) in [5, 5.41) is 19.7. The van der Waals surface area contributed by atoms with E-state index >= 15 is 0 Å². The van der Waals surface area contributed by atoms with Crippen LogP contribution in [0.15, 0.2) is 0 Å². The molecule has 2 amide bonds. The van der Waals surface area contributed by atoms with E-state index in [-0.39, 0.29) is 31.7 Å². The summed E-state index contributed by atoms with van der Waals surface area (Å²) in [5.41, 5.74) is 0. The lowest BCUT2D eigenvalue weighted by atomic mass is 9.79. The maximum atomic E-state index is 13.8. The lowest BCUT2D eigenvalue weighted by Gasteiger charge is -2.37. The average Bonchev–Trinajstić information content (AvgIpc) is 2.95. The number of nitrogens with two attached hydrogens (primary N) is 1. The summed E-state index contributed by atoms with van der Waals surface area (Å²) in [7, 11) is -7.62. The molecule has 0 bridgehead atoms. The van der Waals surface area contributed by atoms with E-state index < -0.39 is 60.4 Å². The van der Waals surface area contributed by atoms with Crippen LogP contribution in [0.1, 0.15) is 105 Å². The van der Waals surface area contributed by atoms with Crippen molar-refractivity contribution in [2.24, 2.45) is 22.9 Å². The van der Waals surface area contributed by atoms with Crippen LogP contribution < -0.4 is 15.3 Å². The van der Waals surface area contributed by atoms with Gasteiger partial charge in [-0.05, 0) is 58.3 Å². The largest absolute Gasteiger partial charge is 0.390 e. The van der Waals surface area contributed by atoms with Crippen molar-refractivity contribution in [1.29, 1.82) is 0 Å². The molecule has 0 aliphatic heterocycles. The van der Waals surface area contributed by atoms with Gasteiger partial charge in [-0.3, -0.25) is 9.59 Å². The molecular formula is C29H57N5O7S2. The summed E-state index contributed by atoms with van der Waals surface area (Å²) in [4.78, 5) is 31.5. The van der Waals surface area contributed by atoms with Gasteiger partial charge in [-0.2, -0.15) is 0 Å². The number of carbonyl (C=O) groups is 2. The minimum absolute atomic E-state index is 0.0114. The van der Waals surface area contributed by atoms with E-state index in [2.05, 4.69) is 10.1 Å². The molecule has 43 heavy (non-hydrogen) atoms. The number of carbonyl (C=O) groups excluding carboxylic acids is 2. The number of aliphatic hydroxyl groups excluding tert-OH is 1. The molecule has 5 unspecified atom stereocenters. The first-order valence-electron chi connectivity index (χ1n) is 16.2. The molecule has 0 spiro atoms. The molecule has 0 heterocycles. The van der Waals surface area contributed by atoms with Crippen LogP contribution in [-0.2, 0) is 29.6 Å². The molecule has 0 aromatic heterocycles. The molecule has 2 fully saturated rings. The Bertz CT molecular complexity index is 1090. The van der Waals surface area contributed by atoms with Gasteiger partial charge in [0.1, 0.15) is 0 Å². The molecule has 0 saturated heterocycles. The highest BCUT2D eigenvalue weighted by Crippen LogP contribution is 2.35. The van der Waals surface area contributed by atoms with E-state index in [0.717, 1.165) is 44.9 Å². The molecule has 2 aliphatic carbocycles. The fourth-order valence-electron chi connectivity index (χ4n) is 6.35. The van der Waals surface area contributed by atoms with E-state index in [1.165, 1.54) is 5.01 Å². The number of amides is 2. The number of rotatable bonds is 17. The Labute approximate surface area is 260 Å². The minimum Gasteiger partial charge on any atom is -0.390 e. The standard InChI is InChI=1S/C29H57N5O7S2/c1-6-14-33(15-7-2)29(37)24-17-23(18-25(19-24)42(30,38)39)28(36)31-26(16-22-12-10-9-11-13-22)27(35)20-34(8-3)32-43(40,41)21(4)5/h21-27,32,35H,6-20H2,1-5H3,(H,31,36)(H2,30,38,39). The average molecular weight is 652 g/mol. The highest BCUT2D eigenvalue weighted by molar-refractivity contribution is 7.90. The molecule has 0 radical (unpaired) electrons. The van der Waals surface area contributed by atoms with Crippen molar-refractivity contribution >= 4 is 31.9 Å². The van der Waals surface area contributed by atoms with E-state index in [9.17, 15) is 31.5 Å². The number of hydrogen-bond acceptors (Lipinski definition) is 8. The number of likely N-dealkylation sites (N-methyl/N-ethyl adjacent to an activating group) is 1. The van der Waals surface area contributed by atoms with E-state index in [1.807, 2.05) is 13.8 Å². The fraction of sp³-hybridized carbons (Fsp3) is 0.931. The topological polar surface area (TPSA) is 179 Å². The zero-order valence-electron chi connectivity index (χ0n) is 26.8. The van der Waals surface area contributed by atoms with Crippen molar-refractivity contribution in [2.45, 2.75) is 128 Å². The van der Waals surface area contributed by atoms with Gasteiger partial charge in [-0.15, -0.1) is 4.83 Å². The van der Waals surface area contributed by atoms with Crippen molar-refractivity contribution in [1.82, 2.24) is 20.1 Å². The summed E-state index contributed by atoms with van der Waals surface area (Å²) < 4.78 is 49.9. The number of nitrogens with zero attached hydrogens (tertiary/aromatic N) is 2. The normalized spacial score (nSPS) is 23.7. The van der Waals surface area contributed by atoms with Crippen LogP contribution in [0, 0.1) is 17.8 Å². The lowest BCUT2D eigenvalue weighted by Crippen LogP contribution is -2.55. The Morgan fingerprint density at radius 2 is 1.51 bits per heavy atom. The molecule has 0 aromatic carbocycles. The first kappa shape index (κ1) is 37.9. The molecular weight excluding hydrogens is 594 g/mol. The molecule has 2 aliphatic rings. The van der Waals surface area contributed by atoms with E-state index in [0.29, 0.717) is 32.0 Å². The number of nitrogens with one attached hydrogen (secondary N) is 2. The smallest absolute Gasteiger partial charge is 0.226 e. The van der Waals surface area contributed by atoms with Crippen LogP contribution in [0.4, 0.5) is 0 Å². The molecule has 12 nitrogen and oxygen atoms in total. The molecule has 14 heteroatoms. The van der Waals surface area contributed by atoms with Gasteiger partial charge in [0.05, 0.1) is 22.6 Å². The first-order chi connectivity index (χ1) is 20.1. The number of hydrazine groups is 1. The highest BCUT2D eigenvalue weighted by Gasteiger charge is 2.42. The third kappa shape index (κ3) is 11.8. The maximum absolute atomic E-state index is 13.8. The molecule has 2 rings (SSSR count). The van der Waals surface area contributed by atoms with E-state index in [1.54, 1.807) is 25.7 Å². The van der Waals surface area contributed by atoms with Crippen molar-refractivity contribution < 1.29 is 31.5 Å². The zero-order valence-corrected chi connectivity index (χ0v) is 28.5. The number of aliphatic hydroxyl groups is 1. The maximum Gasteiger partial charge on any atom is 0.226 e. The summed E-state index contributed by atoms with van der Waals surface area (Å²) in [6, 6.07) is -0.672. The van der Waals surface area contributed by atoms with Gasteiger partial charge in [0, 0.05) is 38.0 Å². The first-order valence-corrected chi connectivity index (χ1v) is 19.3. The van der Waals surface area contributed by atoms with Crippen LogP contribution in [0.2, 0.25) is 0 Å². The molecule has 5 N–H and O–H groups in total. The van der Waals surface area contributed by atoms with Crippen molar-refractivity contribution in [3.63, 3.8) is 0 Å². The molecule has 5 atom stereocenters. The molecule has 2 saturated carbocycles. The Hall–Kier alpha value is -1.32. The van der Waals surface area contributed by atoms with Crippen LogP contribution in [0.5, 0.6) is 0 Å². The highest BCUT2D eigenvalue weighted by atomic mass is 32.2. The fourth-order valence-corrected chi connectivity index (χ4v) is 8.12. The van der Waals surface area contributed by atoms with Gasteiger partial charge in [0.25, 0.3) is 0 Å². The Morgan fingerprint density at radius 1 is 0.930 bits per heavy atom. The number of sulfonamides is 2. The summed E-state index contributed by atoms with van der Waals surface area (Å²) in [6.45, 7) is 10.3. The third-order valence-electron chi connectivity index (χ3n) is 8.92. The van der Waals surface area contributed by atoms with Crippen LogP contribution in [0.25, 0.3) is 0 Å². The third-order valence-corrected chi connectivity index (χ3v) is 12.0. The quantitative estimate of drug-likeness (QED) is 0.173. The Kier molecular flexibility index (Phi) is 15.3. The Morgan fingerprint density at radius 3 is 2.02 bits per heavy atom. The number of primary sulfonamides is 1. The second-order valence-corrected chi connectivity index (χ2v) is 16.8. The van der Waals surface area contributed by atoms with Crippen LogP contribution >= 0.6 is 0 Å². The SMILES string of the molecule is CCCN(CCC)C(=O)C1CC(C(=O)NC(CC2CCCCC2)C(O)CN(CC)NS(=O)(=O)C(C)C)CC(S(N)(=O)=O)C1. The predicted molar refractivity (Wildman–Crippen MR) is 168 cm³/mol. The van der Waals surface area contributed by atoms with Gasteiger partial charge in [-0.25, -0.2) is 27.0 Å². The monoisotopic (exact) mass is 651 g/mol. The predicted octanol–water partition coefficient (Wildman–Crippen LogP) is 2.09. The minimum atomic E-state index is -3.99. The lowest BCUT2D eigenvalue weighted by molar-refractivity contribution is -0.138. The van der Waals surface area contributed by atoms with E-state index in [4.69, 9.17) is 5.14 Å². The number of hydrogen-bond donors (Lipinski definition) is 4. The van der Waals surface area contributed by atoms with Crippen molar-refractivity contribution in [3.8, 4) is 0 Å². The summed E-state index contributed by atoms with van der Waals surface area (Å²) in [6.07, 6.45) is 6.54. The van der Waals surface area contributed by atoms with Crippen LogP contribution in [-0.4, -0.2) is 92.5 Å². The van der Waals surface area contributed by atoms with Crippen molar-refractivity contribution in [2.75, 3.05) is 26.2 Å². The van der Waals surface area contributed by atoms with Gasteiger partial charge < -0.3 is 15.3 Å². The van der Waals surface area contributed by atoms with Gasteiger partial charge in [0.2, 0.25) is 31.9 Å². The summed E-state index contributed by atoms with van der Waals surface area (Å²) >= 11 is 0. The van der Waals surface area contributed by atoms with Gasteiger partial charge in [0.15, 0.2) is 0 Å². The second-order valence-electron chi connectivity index (χ2n) is 12.8. The molecule has 252 valence electrons. The van der Waals surface area contributed by atoms with Gasteiger partial charge >= 0.3 is 0 Å². The van der Waals surface area contributed by atoms with Gasteiger partial charge in [-0.1, -0.05) is 52.9 Å². The van der Waals surface area contributed by atoms with Crippen molar-refractivity contribution in [3.05, 3.63) is 0 Å². The second kappa shape index (κ2) is 17.4. The van der Waals surface area contributed by atoms with Crippen LogP contribution in [0.3, 0.4) is 0 Å².